The summed E-state index contributed by atoms with van der Waals surface area (Å²) in [5, 5.41) is 2.07. The van der Waals surface area contributed by atoms with Gasteiger partial charge >= 0.3 is 0 Å². The maximum Gasteiger partial charge on any atom is 0.194 e. The molecule has 0 aliphatic carbocycles. The van der Waals surface area contributed by atoms with Gasteiger partial charge in [-0.05, 0) is 25.0 Å². The second kappa shape index (κ2) is 2.58. The van der Waals surface area contributed by atoms with E-state index in [2.05, 4.69) is 46.9 Å². The number of hydrogen-bond acceptors (Lipinski definition) is 2. The first-order chi connectivity index (χ1) is 6.77. The first kappa shape index (κ1) is 8.00. The minimum atomic E-state index is 1.08. The van der Waals surface area contributed by atoms with E-state index in [0.717, 1.165) is 10.5 Å². The molecule has 0 radical (unpaired) electrons. The van der Waals surface area contributed by atoms with E-state index in [1.807, 2.05) is 0 Å². The molecule has 2 nitrogen and oxygen atoms in total. The second-order valence-electron chi connectivity index (χ2n) is 3.56. The van der Waals surface area contributed by atoms with E-state index in [4.69, 9.17) is 0 Å². The smallest absolute Gasteiger partial charge is 0.194 e. The average Bonchev–Trinajstić information content (AvgIpc) is 2.70. The van der Waals surface area contributed by atoms with Crippen molar-refractivity contribution in [1.29, 1.82) is 0 Å². The summed E-state index contributed by atoms with van der Waals surface area (Å²) in [7, 11) is 0. The van der Waals surface area contributed by atoms with Crippen molar-refractivity contribution in [3.8, 4) is 0 Å². The Labute approximate surface area is 85.8 Å². The Morgan fingerprint density at radius 2 is 2.00 bits per heavy atom. The molecule has 0 amide bonds. The molecule has 2 heterocycles. The molecule has 0 aliphatic heterocycles. The Morgan fingerprint density at radius 1 is 1.21 bits per heavy atom. The van der Waals surface area contributed by atoms with Gasteiger partial charge in [-0.2, -0.15) is 0 Å². The van der Waals surface area contributed by atoms with Crippen LogP contribution in [0, 0.1) is 13.8 Å². The number of rotatable bonds is 0. The molecule has 2 aromatic heterocycles. The quantitative estimate of drug-likeness (QED) is 0.547. The van der Waals surface area contributed by atoms with Crippen LogP contribution in [0.3, 0.4) is 0 Å². The van der Waals surface area contributed by atoms with Crippen LogP contribution in [0.15, 0.2) is 23.7 Å². The van der Waals surface area contributed by atoms with Crippen molar-refractivity contribution in [3.05, 3.63) is 34.8 Å². The van der Waals surface area contributed by atoms with Gasteiger partial charge in [0, 0.05) is 11.6 Å². The van der Waals surface area contributed by atoms with Crippen LogP contribution in [0.2, 0.25) is 0 Å². The van der Waals surface area contributed by atoms with Crippen LogP contribution in [-0.4, -0.2) is 9.38 Å². The molecule has 3 aromatic rings. The van der Waals surface area contributed by atoms with Crippen LogP contribution in [0.5, 0.6) is 0 Å². The molecule has 0 saturated heterocycles. The molecule has 0 spiro atoms. The summed E-state index contributed by atoms with van der Waals surface area (Å²) in [5.74, 6) is 0. The zero-order valence-electron chi connectivity index (χ0n) is 8.11. The van der Waals surface area contributed by atoms with Crippen molar-refractivity contribution in [1.82, 2.24) is 9.38 Å². The summed E-state index contributed by atoms with van der Waals surface area (Å²) in [4.78, 5) is 5.70. The number of aryl methyl sites for hydroxylation is 2. The lowest BCUT2D eigenvalue weighted by Gasteiger charge is -1.98. The standard InChI is InChI=1S/C11H10N2S/c1-7-3-4-8(2)10-9(7)12-11-13(10)5-6-14-11/h3-6H,1-2H3. The highest BCUT2D eigenvalue weighted by Crippen LogP contribution is 2.25. The SMILES string of the molecule is Cc1ccc(C)c2c1nc1sccn12. The van der Waals surface area contributed by atoms with Gasteiger partial charge in [-0.25, -0.2) is 4.98 Å². The van der Waals surface area contributed by atoms with E-state index in [1.165, 1.54) is 16.6 Å². The van der Waals surface area contributed by atoms with Gasteiger partial charge in [0.15, 0.2) is 4.96 Å². The number of nitrogens with zero attached hydrogens (tertiary/aromatic N) is 2. The maximum atomic E-state index is 4.62. The molecule has 0 N–H and O–H groups in total. The summed E-state index contributed by atoms with van der Waals surface area (Å²) in [5.41, 5.74) is 4.93. The van der Waals surface area contributed by atoms with Crippen LogP contribution >= 0.6 is 11.3 Å². The predicted molar refractivity (Wildman–Crippen MR) is 60.0 cm³/mol. The molecule has 1 aromatic carbocycles. The summed E-state index contributed by atoms with van der Waals surface area (Å²) in [6.07, 6.45) is 2.09. The molecule has 0 bridgehead atoms. The number of hydrogen-bond donors (Lipinski definition) is 0. The Balaban J connectivity index is 2.68. The normalized spacial score (nSPS) is 11.6. The Hall–Kier alpha value is -1.35. The van der Waals surface area contributed by atoms with Crippen LogP contribution in [0.4, 0.5) is 0 Å². The topological polar surface area (TPSA) is 17.3 Å². The molecule has 0 saturated carbocycles. The summed E-state index contributed by atoms with van der Waals surface area (Å²) < 4.78 is 2.17. The third-order valence-electron chi connectivity index (χ3n) is 2.59. The van der Waals surface area contributed by atoms with Crippen molar-refractivity contribution in [2.24, 2.45) is 0 Å². The molecule has 70 valence electrons. The Kier molecular flexibility index (Phi) is 1.47. The van der Waals surface area contributed by atoms with E-state index in [9.17, 15) is 0 Å². The second-order valence-corrected chi connectivity index (χ2v) is 4.44. The first-order valence-corrected chi connectivity index (χ1v) is 5.47. The van der Waals surface area contributed by atoms with Crippen molar-refractivity contribution >= 4 is 27.3 Å². The lowest BCUT2D eigenvalue weighted by atomic mass is 10.1. The van der Waals surface area contributed by atoms with E-state index < -0.39 is 0 Å². The summed E-state index contributed by atoms with van der Waals surface area (Å²) in [6.45, 7) is 4.24. The van der Waals surface area contributed by atoms with Gasteiger partial charge in [0.1, 0.15) is 0 Å². The van der Waals surface area contributed by atoms with E-state index in [1.54, 1.807) is 11.3 Å². The van der Waals surface area contributed by atoms with Gasteiger partial charge in [-0.3, -0.25) is 4.40 Å². The molecular weight excluding hydrogens is 192 g/mol. The lowest BCUT2D eigenvalue weighted by molar-refractivity contribution is 1.26. The molecule has 0 aliphatic rings. The molecule has 0 unspecified atom stereocenters. The molecule has 0 fully saturated rings. The zero-order valence-corrected chi connectivity index (χ0v) is 8.93. The Morgan fingerprint density at radius 3 is 2.86 bits per heavy atom. The largest absolute Gasteiger partial charge is 0.290 e. The molecular formula is C11H10N2S. The fourth-order valence-corrected chi connectivity index (χ4v) is 2.56. The van der Waals surface area contributed by atoms with Crippen molar-refractivity contribution in [3.63, 3.8) is 0 Å². The van der Waals surface area contributed by atoms with E-state index in [-0.39, 0.29) is 0 Å². The summed E-state index contributed by atoms with van der Waals surface area (Å²) >= 11 is 1.68. The molecule has 14 heavy (non-hydrogen) atoms. The number of thiazole rings is 1. The van der Waals surface area contributed by atoms with Gasteiger partial charge in [-0.1, -0.05) is 12.1 Å². The van der Waals surface area contributed by atoms with E-state index >= 15 is 0 Å². The minimum absolute atomic E-state index is 1.08. The highest BCUT2D eigenvalue weighted by molar-refractivity contribution is 7.15. The van der Waals surface area contributed by atoms with Gasteiger partial charge in [0.25, 0.3) is 0 Å². The third kappa shape index (κ3) is 0.876. The fourth-order valence-electron chi connectivity index (χ4n) is 1.85. The van der Waals surface area contributed by atoms with Crippen LogP contribution in [-0.2, 0) is 0 Å². The Bertz CT molecular complexity index is 619. The summed E-state index contributed by atoms with van der Waals surface area (Å²) in [6, 6.07) is 4.29. The van der Waals surface area contributed by atoms with Gasteiger partial charge < -0.3 is 0 Å². The van der Waals surface area contributed by atoms with Crippen molar-refractivity contribution in [2.45, 2.75) is 13.8 Å². The lowest BCUT2D eigenvalue weighted by Crippen LogP contribution is -1.83. The molecule has 3 rings (SSSR count). The number of imidazole rings is 1. The number of benzene rings is 1. The van der Waals surface area contributed by atoms with Crippen LogP contribution < -0.4 is 0 Å². The number of aromatic nitrogens is 2. The van der Waals surface area contributed by atoms with Crippen LogP contribution in [0.1, 0.15) is 11.1 Å². The first-order valence-electron chi connectivity index (χ1n) is 4.59. The third-order valence-corrected chi connectivity index (χ3v) is 3.35. The maximum absolute atomic E-state index is 4.62. The van der Waals surface area contributed by atoms with Crippen molar-refractivity contribution < 1.29 is 0 Å². The zero-order chi connectivity index (χ0) is 9.71. The fraction of sp³-hybridized carbons (Fsp3) is 0.182. The predicted octanol–water partition coefficient (Wildman–Crippen LogP) is 3.17. The molecule has 0 atom stereocenters. The van der Waals surface area contributed by atoms with E-state index in [0.29, 0.717) is 0 Å². The van der Waals surface area contributed by atoms with Gasteiger partial charge in [0.05, 0.1) is 11.0 Å². The van der Waals surface area contributed by atoms with Crippen LogP contribution in [0.25, 0.3) is 16.0 Å². The number of fused-ring (bicyclic) bond motifs is 3. The van der Waals surface area contributed by atoms with Gasteiger partial charge in [0.2, 0.25) is 0 Å². The molecule has 3 heteroatoms. The monoisotopic (exact) mass is 202 g/mol. The average molecular weight is 202 g/mol. The highest BCUT2D eigenvalue weighted by Gasteiger charge is 2.08. The van der Waals surface area contributed by atoms with Crippen molar-refractivity contribution in [2.75, 3.05) is 0 Å². The van der Waals surface area contributed by atoms with Gasteiger partial charge in [-0.15, -0.1) is 11.3 Å². The highest BCUT2D eigenvalue weighted by atomic mass is 32.1. The minimum Gasteiger partial charge on any atom is -0.290 e.